The summed E-state index contributed by atoms with van der Waals surface area (Å²) in [5.74, 6) is 2.78. The van der Waals surface area contributed by atoms with Crippen LogP contribution in [0, 0.1) is 17.4 Å². The van der Waals surface area contributed by atoms with Crippen LogP contribution in [0.1, 0.15) is 24.3 Å². The Kier molecular flexibility index (Phi) is 5.09. The Morgan fingerprint density at radius 3 is 2.82 bits per heavy atom. The molecule has 4 N–H and O–H groups in total. The molecule has 1 aliphatic heterocycles. The lowest BCUT2D eigenvalue weighted by Crippen LogP contribution is -2.37. The smallest absolute Gasteiger partial charge is 0.175 e. The van der Waals surface area contributed by atoms with Gasteiger partial charge in [0.1, 0.15) is 26.0 Å². The molecule has 0 radical (unpaired) electrons. The second-order valence-corrected chi connectivity index (χ2v) is 12.6. The van der Waals surface area contributed by atoms with E-state index in [-0.39, 0.29) is 5.82 Å². The summed E-state index contributed by atoms with van der Waals surface area (Å²) < 4.78 is 7.40. The molecule has 2 aromatic heterocycles. The van der Waals surface area contributed by atoms with Crippen molar-refractivity contribution < 1.29 is 14.9 Å². The van der Waals surface area contributed by atoms with Gasteiger partial charge in [0.25, 0.3) is 0 Å². The van der Waals surface area contributed by atoms with Crippen LogP contribution in [0.2, 0.25) is 19.6 Å². The van der Waals surface area contributed by atoms with Crippen LogP contribution in [0.3, 0.4) is 0 Å². The fourth-order valence-electron chi connectivity index (χ4n) is 3.21. The van der Waals surface area contributed by atoms with E-state index in [1.807, 2.05) is 0 Å². The summed E-state index contributed by atoms with van der Waals surface area (Å²) in [4.78, 5) is 6.81. The van der Waals surface area contributed by atoms with Crippen molar-refractivity contribution in [3.63, 3.8) is 0 Å². The predicted molar refractivity (Wildman–Crippen MR) is 106 cm³/mol. The summed E-state index contributed by atoms with van der Waals surface area (Å²) in [5, 5.41) is 28.4. The molecule has 0 saturated carbocycles. The van der Waals surface area contributed by atoms with Gasteiger partial charge >= 0.3 is 0 Å². The molecule has 0 unspecified atom stereocenters. The zero-order valence-electron chi connectivity index (χ0n) is 16.2. The van der Waals surface area contributed by atoms with Crippen molar-refractivity contribution in [3.05, 3.63) is 34.1 Å². The highest BCUT2D eigenvalue weighted by Crippen LogP contribution is 2.45. The maximum absolute atomic E-state index is 10.8. The zero-order valence-corrected chi connectivity index (χ0v) is 17.2. The standard InChI is InChI=1S/C17H23N7O3Si/c1-10-14(26)15(27-17(10,8-25)22-23-19)12-7-11(5-6-28(2,3)4)13-16(18)20-9-21-24(12)13/h7,9-10,14-15,25-26H,8H2,1-4H3,(H2,18,20,21)/t10-,14-,15-,17+/m0/s1. The highest BCUT2D eigenvalue weighted by atomic mass is 28.3. The third-order valence-corrected chi connectivity index (χ3v) is 5.65. The number of hydrogen-bond acceptors (Lipinski definition) is 7. The van der Waals surface area contributed by atoms with Crippen molar-refractivity contribution in [3.8, 4) is 11.5 Å². The summed E-state index contributed by atoms with van der Waals surface area (Å²) >= 11 is 0. The van der Waals surface area contributed by atoms with E-state index in [1.165, 1.54) is 10.8 Å². The van der Waals surface area contributed by atoms with Crippen LogP contribution in [0.25, 0.3) is 16.0 Å². The van der Waals surface area contributed by atoms with Crippen LogP contribution in [0.15, 0.2) is 17.5 Å². The van der Waals surface area contributed by atoms with Crippen molar-refractivity contribution in [2.24, 2.45) is 11.0 Å². The Bertz CT molecular complexity index is 1020. The number of nitrogen functional groups attached to an aromatic ring is 1. The van der Waals surface area contributed by atoms with Gasteiger partial charge in [-0.3, -0.25) is 0 Å². The van der Waals surface area contributed by atoms with E-state index in [1.54, 1.807) is 13.0 Å². The minimum atomic E-state index is -1.65. The van der Waals surface area contributed by atoms with Crippen LogP contribution < -0.4 is 5.73 Å². The average Bonchev–Trinajstić information content (AvgIpc) is 3.12. The molecule has 11 heteroatoms. The van der Waals surface area contributed by atoms with Crippen LogP contribution in [0.4, 0.5) is 5.82 Å². The molecule has 0 aromatic carbocycles. The Hall–Kier alpha value is -2.61. The number of aliphatic hydroxyl groups is 2. The fourth-order valence-corrected chi connectivity index (χ4v) is 3.72. The maximum Gasteiger partial charge on any atom is 0.175 e. The maximum atomic E-state index is 10.8. The molecular weight excluding hydrogens is 378 g/mol. The molecule has 0 bridgehead atoms. The van der Waals surface area contributed by atoms with E-state index in [4.69, 9.17) is 16.0 Å². The predicted octanol–water partition coefficient (Wildman–Crippen LogP) is 1.61. The topological polar surface area (TPSA) is 155 Å². The van der Waals surface area contributed by atoms with Crippen molar-refractivity contribution in [1.82, 2.24) is 14.6 Å². The summed E-state index contributed by atoms with van der Waals surface area (Å²) in [6.07, 6.45) is -0.624. The molecular formula is C17H23N7O3Si. The zero-order chi connectivity index (χ0) is 20.7. The molecule has 2 aromatic rings. The number of anilines is 1. The van der Waals surface area contributed by atoms with E-state index in [0.29, 0.717) is 16.8 Å². The minimum Gasteiger partial charge on any atom is -0.393 e. The molecule has 1 aliphatic rings. The van der Waals surface area contributed by atoms with Crippen molar-refractivity contribution >= 4 is 19.4 Å². The lowest BCUT2D eigenvalue weighted by Gasteiger charge is -2.24. The first kappa shape index (κ1) is 20.1. The second-order valence-electron chi connectivity index (χ2n) is 7.90. The fraction of sp³-hybridized carbons (Fsp3) is 0.529. The van der Waals surface area contributed by atoms with Gasteiger partial charge in [0, 0.05) is 10.8 Å². The number of nitrogens with two attached hydrogens (primary N) is 1. The second kappa shape index (κ2) is 7.09. The Labute approximate surface area is 163 Å². The van der Waals surface area contributed by atoms with Crippen LogP contribution in [0.5, 0.6) is 0 Å². The van der Waals surface area contributed by atoms with E-state index >= 15 is 0 Å². The first-order valence-corrected chi connectivity index (χ1v) is 12.3. The highest BCUT2D eigenvalue weighted by Gasteiger charge is 2.53. The molecule has 3 heterocycles. The van der Waals surface area contributed by atoms with Gasteiger partial charge in [0.15, 0.2) is 11.5 Å². The number of ether oxygens (including phenoxy) is 1. The minimum absolute atomic E-state index is 0.255. The molecule has 4 atom stereocenters. The molecule has 1 saturated heterocycles. The lowest BCUT2D eigenvalue weighted by molar-refractivity contribution is -0.0882. The molecule has 1 fully saturated rings. The number of azide groups is 1. The third kappa shape index (κ3) is 3.32. The van der Waals surface area contributed by atoms with Gasteiger partial charge < -0.3 is 20.7 Å². The van der Waals surface area contributed by atoms with Gasteiger partial charge in [-0.15, -0.1) is 5.54 Å². The largest absolute Gasteiger partial charge is 0.393 e. The molecule has 148 valence electrons. The van der Waals surface area contributed by atoms with Crippen LogP contribution in [-0.2, 0) is 4.74 Å². The quantitative estimate of drug-likeness (QED) is 0.233. The number of nitrogens with zero attached hydrogens (tertiary/aromatic N) is 6. The van der Waals surface area contributed by atoms with E-state index in [0.717, 1.165) is 0 Å². The number of aliphatic hydroxyl groups excluding tert-OH is 2. The summed E-state index contributed by atoms with van der Waals surface area (Å²) in [6, 6.07) is 1.75. The Morgan fingerprint density at radius 1 is 1.50 bits per heavy atom. The summed E-state index contributed by atoms with van der Waals surface area (Å²) in [5.41, 5.74) is 18.3. The van der Waals surface area contributed by atoms with E-state index in [9.17, 15) is 10.2 Å². The number of hydrogen-bond donors (Lipinski definition) is 3. The molecule has 28 heavy (non-hydrogen) atoms. The number of aromatic nitrogens is 3. The van der Waals surface area contributed by atoms with Gasteiger partial charge in [-0.25, -0.2) is 9.50 Å². The number of rotatable bonds is 3. The van der Waals surface area contributed by atoms with Gasteiger partial charge in [0.05, 0.1) is 24.0 Å². The van der Waals surface area contributed by atoms with Gasteiger partial charge in [-0.2, -0.15) is 5.10 Å². The van der Waals surface area contributed by atoms with Gasteiger partial charge in [-0.05, 0) is 11.6 Å². The molecule has 10 nitrogen and oxygen atoms in total. The van der Waals surface area contributed by atoms with E-state index < -0.39 is 38.5 Å². The summed E-state index contributed by atoms with van der Waals surface area (Å²) in [7, 11) is -1.65. The third-order valence-electron chi connectivity index (χ3n) is 4.78. The van der Waals surface area contributed by atoms with E-state index in [2.05, 4.69) is 51.2 Å². The van der Waals surface area contributed by atoms with Crippen molar-refractivity contribution in [2.45, 2.75) is 44.5 Å². The van der Waals surface area contributed by atoms with Crippen molar-refractivity contribution in [2.75, 3.05) is 12.3 Å². The molecule has 0 spiro atoms. The van der Waals surface area contributed by atoms with Gasteiger partial charge in [0.2, 0.25) is 0 Å². The number of fused-ring (bicyclic) bond motifs is 1. The Balaban J connectivity index is 2.18. The van der Waals surface area contributed by atoms with Crippen molar-refractivity contribution in [1.29, 1.82) is 0 Å². The monoisotopic (exact) mass is 401 g/mol. The molecule has 0 amide bonds. The SMILES string of the molecule is C[C@H]1[C@H](O)[C@H](c2cc(C#C[Si](C)(C)C)c3c(N)ncnn23)O[C@@]1(CO)N=[N+]=[N-]. The Morgan fingerprint density at radius 2 is 2.21 bits per heavy atom. The average molecular weight is 402 g/mol. The normalized spacial score (nSPS) is 27.3. The molecule has 3 rings (SSSR count). The van der Waals surface area contributed by atoms with Crippen LogP contribution in [-0.4, -0.2) is 51.3 Å². The van der Waals surface area contributed by atoms with Crippen LogP contribution >= 0.6 is 0 Å². The van der Waals surface area contributed by atoms with Gasteiger partial charge in [-0.1, -0.05) is 37.6 Å². The lowest BCUT2D eigenvalue weighted by atomic mass is 9.93. The first-order valence-electron chi connectivity index (χ1n) is 8.82. The first-order chi connectivity index (χ1) is 13.1. The summed E-state index contributed by atoms with van der Waals surface area (Å²) in [6.45, 7) is 7.47. The molecule has 0 aliphatic carbocycles. The highest BCUT2D eigenvalue weighted by molar-refractivity contribution is 6.83.